The quantitative estimate of drug-likeness (QED) is 0.735. The van der Waals surface area contributed by atoms with Crippen LogP contribution in [-0.2, 0) is 0 Å². The first-order chi connectivity index (χ1) is 6.49. The SMILES string of the molecule is CC(C)(N)CC1CC(C)(C)CC(C)(C)C1. The minimum absolute atomic E-state index is 0.00579. The van der Waals surface area contributed by atoms with E-state index in [0.717, 1.165) is 5.92 Å². The summed E-state index contributed by atoms with van der Waals surface area (Å²) in [6.07, 6.45) is 5.20. The summed E-state index contributed by atoms with van der Waals surface area (Å²) in [6.45, 7) is 13.9. The van der Waals surface area contributed by atoms with Gasteiger partial charge in [0.15, 0.2) is 0 Å². The summed E-state index contributed by atoms with van der Waals surface area (Å²) in [6, 6.07) is 0. The first kappa shape index (κ1) is 13.0. The predicted octanol–water partition coefficient (Wildman–Crippen LogP) is 3.97. The number of rotatable bonds is 2. The lowest BCUT2D eigenvalue weighted by Gasteiger charge is -2.46. The highest BCUT2D eigenvalue weighted by molar-refractivity contribution is 4.91. The number of hydrogen-bond acceptors (Lipinski definition) is 1. The van der Waals surface area contributed by atoms with Crippen molar-refractivity contribution in [1.29, 1.82) is 0 Å². The molecule has 1 saturated carbocycles. The fraction of sp³-hybridized carbons (Fsp3) is 1.00. The second-order valence-electron chi connectivity index (χ2n) is 7.97. The topological polar surface area (TPSA) is 26.0 Å². The summed E-state index contributed by atoms with van der Waals surface area (Å²) >= 11 is 0. The van der Waals surface area contributed by atoms with E-state index in [1.54, 1.807) is 0 Å². The highest BCUT2D eigenvalue weighted by Crippen LogP contribution is 2.49. The van der Waals surface area contributed by atoms with E-state index in [1.807, 2.05) is 0 Å². The Hall–Kier alpha value is -0.0400. The van der Waals surface area contributed by atoms with E-state index in [2.05, 4.69) is 41.5 Å². The van der Waals surface area contributed by atoms with Gasteiger partial charge in [-0.3, -0.25) is 0 Å². The fourth-order valence-electron chi connectivity index (χ4n) is 3.96. The number of hydrogen-bond donors (Lipinski definition) is 1. The standard InChI is InChI=1S/C14H29N/c1-12(2)7-11(9-14(5,6)15)8-13(3,4)10-12/h11H,7-10,15H2,1-6H3. The van der Waals surface area contributed by atoms with E-state index in [9.17, 15) is 0 Å². The average Bonchev–Trinajstić information content (AvgIpc) is 1.70. The maximum atomic E-state index is 6.14. The summed E-state index contributed by atoms with van der Waals surface area (Å²) < 4.78 is 0. The molecule has 1 heteroatoms. The van der Waals surface area contributed by atoms with Crippen molar-refractivity contribution in [1.82, 2.24) is 0 Å². The summed E-state index contributed by atoms with van der Waals surface area (Å²) in [4.78, 5) is 0. The van der Waals surface area contributed by atoms with Crippen molar-refractivity contribution in [2.24, 2.45) is 22.5 Å². The van der Waals surface area contributed by atoms with E-state index in [1.165, 1.54) is 25.7 Å². The normalized spacial score (nSPS) is 26.6. The van der Waals surface area contributed by atoms with E-state index in [-0.39, 0.29) is 5.54 Å². The Balaban J connectivity index is 2.68. The maximum Gasteiger partial charge on any atom is 0.00997 e. The van der Waals surface area contributed by atoms with Crippen LogP contribution in [0.15, 0.2) is 0 Å². The summed E-state index contributed by atoms with van der Waals surface area (Å²) in [5, 5.41) is 0. The fourth-order valence-corrected chi connectivity index (χ4v) is 3.96. The van der Waals surface area contributed by atoms with Crippen molar-refractivity contribution in [3.05, 3.63) is 0 Å². The molecule has 15 heavy (non-hydrogen) atoms. The van der Waals surface area contributed by atoms with E-state index in [0.29, 0.717) is 10.8 Å². The first-order valence-electron chi connectivity index (χ1n) is 6.28. The largest absolute Gasteiger partial charge is 0.326 e. The van der Waals surface area contributed by atoms with Crippen LogP contribution in [0.1, 0.15) is 67.2 Å². The van der Waals surface area contributed by atoms with Gasteiger partial charge >= 0.3 is 0 Å². The van der Waals surface area contributed by atoms with Crippen molar-refractivity contribution < 1.29 is 0 Å². The molecule has 0 unspecified atom stereocenters. The molecule has 2 N–H and O–H groups in total. The zero-order chi connectivity index (χ0) is 11.9. The molecule has 0 heterocycles. The van der Waals surface area contributed by atoms with Crippen molar-refractivity contribution >= 4 is 0 Å². The van der Waals surface area contributed by atoms with Crippen LogP contribution in [-0.4, -0.2) is 5.54 Å². The molecule has 1 fully saturated rings. The zero-order valence-electron chi connectivity index (χ0n) is 11.5. The molecule has 0 atom stereocenters. The third-order valence-electron chi connectivity index (χ3n) is 3.45. The minimum atomic E-state index is -0.00579. The van der Waals surface area contributed by atoms with Gasteiger partial charge in [-0.15, -0.1) is 0 Å². The van der Waals surface area contributed by atoms with E-state index in [4.69, 9.17) is 5.73 Å². The van der Waals surface area contributed by atoms with Crippen molar-refractivity contribution in [3.63, 3.8) is 0 Å². The third-order valence-corrected chi connectivity index (χ3v) is 3.45. The second-order valence-corrected chi connectivity index (χ2v) is 7.97. The molecule has 0 bridgehead atoms. The molecule has 90 valence electrons. The van der Waals surface area contributed by atoms with Crippen LogP contribution in [0.25, 0.3) is 0 Å². The van der Waals surface area contributed by atoms with Gasteiger partial charge in [0.25, 0.3) is 0 Å². The van der Waals surface area contributed by atoms with Gasteiger partial charge in [0.1, 0.15) is 0 Å². The molecule has 0 aromatic carbocycles. The Morgan fingerprint density at radius 3 is 1.80 bits per heavy atom. The lowest BCUT2D eigenvalue weighted by atomic mass is 9.60. The van der Waals surface area contributed by atoms with Crippen LogP contribution in [0, 0.1) is 16.7 Å². The van der Waals surface area contributed by atoms with Crippen LogP contribution in [0.2, 0.25) is 0 Å². The lowest BCUT2D eigenvalue weighted by Crippen LogP contribution is -2.40. The molecule has 1 aliphatic rings. The molecule has 0 aromatic heterocycles. The molecule has 0 aromatic rings. The monoisotopic (exact) mass is 211 g/mol. The summed E-state index contributed by atoms with van der Waals surface area (Å²) in [7, 11) is 0. The van der Waals surface area contributed by atoms with Crippen molar-refractivity contribution in [2.75, 3.05) is 0 Å². The Bertz CT molecular complexity index is 201. The molecule has 1 aliphatic carbocycles. The van der Waals surface area contributed by atoms with Gasteiger partial charge in [-0.2, -0.15) is 0 Å². The van der Waals surface area contributed by atoms with Crippen LogP contribution >= 0.6 is 0 Å². The summed E-state index contributed by atoms with van der Waals surface area (Å²) in [5.41, 5.74) is 7.13. The van der Waals surface area contributed by atoms with Gasteiger partial charge in [0.2, 0.25) is 0 Å². The molecular formula is C14H29N. The Morgan fingerprint density at radius 1 is 1.07 bits per heavy atom. The van der Waals surface area contributed by atoms with Crippen molar-refractivity contribution in [2.45, 2.75) is 72.8 Å². The van der Waals surface area contributed by atoms with Gasteiger partial charge < -0.3 is 5.73 Å². The summed E-state index contributed by atoms with van der Waals surface area (Å²) in [5.74, 6) is 0.809. The van der Waals surface area contributed by atoms with Gasteiger partial charge in [0, 0.05) is 5.54 Å². The molecule has 0 saturated heterocycles. The van der Waals surface area contributed by atoms with Crippen LogP contribution in [0.3, 0.4) is 0 Å². The maximum absolute atomic E-state index is 6.14. The Kier molecular flexibility index (Phi) is 3.27. The van der Waals surface area contributed by atoms with Crippen LogP contribution in [0.4, 0.5) is 0 Å². The second kappa shape index (κ2) is 3.76. The smallest absolute Gasteiger partial charge is 0.00997 e. The molecule has 0 aliphatic heterocycles. The predicted molar refractivity (Wildman–Crippen MR) is 67.8 cm³/mol. The molecule has 0 spiro atoms. The highest BCUT2D eigenvalue weighted by atomic mass is 14.7. The van der Waals surface area contributed by atoms with Gasteiger partial charge in [-0.25, -0.2) is 0 Å². The third kappa shape index (κ3) is 4.55. The molecule has 1 rings (SSSR count). The van der Waals surface area contributed by atoms with Gasteiger partial charge in [-0.1, -0.05) is 27.7 Å². The molecule has 1 nitrogen and oxygen atoms in total. The lowest BCUT2D eigenvalue weighted by molar-refractivity contribution is 0.0558. The highest BCUT2D eigenvalue weighted by Gasteiger charge is 2.39. The van der Waals surface area contributed by atoms with Crippen LogP contribution < -0.4 is 5.73 Å². The van der Waals surface area contributed by atoms with Gasteiger partial charge in [-0.05, 0) is 56.3 Å². The molecule has 0 amide bonds. The Morgan fingerprint density at radius 2 is 1.47 bits per heavy atom. The minimum Gasteiger partial charge on any atom is -0.326 e. The van der Waals surface area contributed by atoms with E-state index >= 15 is 0 Å². The Labute approximate surface area is 95.8 Å². The molecular weight excluding hydrogens is 182 g/mol. The average molecular weight is 211 g/mol. The first-order valence-corrected chi connectivity index (χ1v) is 6.28. The molecule has 0 radical (unpaired) electrons. The zero-order valence-corrected chi connectivity index (χ0v) is 11.5. The number of nitrogens with two attached hydrogens (primary N) is 1. The van der Waals surface area contributed by atoms with Crippen LogP contribution in [0.5, 0.6) is 0 Å². The van der Waals surface area contributed by atoms with Gasteiger partial charge in [0.05, 0.1) is 0 Å². The van der Waals surface area contributed by atoms with E-state index < -0.39 is 0 Å². The van der Waals surface area contributed by atoms with Crippen molar-refractivity contribution in [3.8, 4) is 0 Å².